The number of carbonyl (C=O) groups excluding carboxylic acids is 2. The number of ketones is 2. The topological polar surface area (TPSA) is 95.2 Å². The van der Waals surface area contributed by atoms with Crippen LogP contribution in [0.1, 0.15) is 36.3 Å². The maximum Gasteiger partial charge on any atom is 0.321 e. The summed E-state index contributed by atoms with van der Waals surface area (Å²) >= 11 is 0. The molecule has 0 aromatic heterocycles. The van der Waals surface area contributed by atoms with Crippen LogP contribution in [0.2, 0.25) is 0 Å². The van der Waals surface area contributed by atoms with Crippen molar-refractivity contribution >= 4 is 17.5 Å². The Balaban J connectivity index is 2.49. The molecule has 28 heavy (non-hydrogen) atoms. The number of hydrogen-bond donors (Lipinski definition) is 1. The van der Waals surface area contributed by atoms with Crippen molar-refractivity contribution in [2.75, 3.05) is 0 Å². The van der Waals surface area contributed by atoms with E-state index in [4.69, 9.17) is 0 Å². The molecule has 7 heteroatoms. The second-order valence-corrected chi connectivity index (χ2v) is 6.37. The van der Waals surface area contributed by atoms with Crippen LogP contribution in [0.5, 0.6) is 0 Å². The lowest BCUT2D eigenvalue weighted by atomic mass is 9.77. The maximum atomic E-state index is 13.6. The lowest BCUT2D eigenvalue weighted by molar-refractivity contribution is -0.150. The van der Waals surface area contributed by atoms with Crippen LogP contribution in [0.25, 0.3) is 0 Å². The molecule has 0 bridgehead atoms. The Morgan fingerprint density at radius 1 is 1.04 bits per heavy atom. The Morgan fingerprint density at radius 3 is 2.18 bits per heavy atom. The average molecular weight is 385 g/mol. The fraction of sp³-hybridized carbons (Fsp3) is 0.238. The van der Waals surface area contributed by atoms with Crippen LogP contribution in [0.15, 0.2) is 48.5 Å². The molecule has 0 fully saturated rings. The number of nitrogens with zero attached hydrogens (tertiary/aromatic N) is 1. The Kier molecular flexibility index (Phi) is 6.72. The highest BCUT2D eigenvalue weighted by Crippen LogP contribution is 2.36. The molecule has 2 aromatic carbocycles. The van der Waals surface area contributed by atoms with Gasteiger partial charge in [-0.05, 0) is 42.3 Å². The highest BCUT2D eigenvalue weighted by molar-refractivity contribution is 6.16. The molecule has 0 aliphatic heterocycles. The molecule has 3 unspecified atom stereocenters. The van der Waals surface area contributed by atoms with Crippen LogP contribution in [-0.2, 0) is 14.4 Å². The van der Waals surface area contributed by atoms with E-state index in [1.165, 1.54) is 30.3 Å². The molecular weight excluding hydrogens is 368 g/mol. The van der Waals surface area contributed by atoms with Crippen molar-refractivity contribution in [3.8, 4) is 6.07 Å². The van der Waals surface area contributed by atoms with E-state index in [0.717, 1.165) is 25.1 Å². The molecule has 0 spiro atoms. The lowest BCUT2D eigenvalue weighted by Crippen LogP contribution is -2.32. The summed E-state index contributed by atoms with van der Waals surface area (Å²) in [6.45, 7) is 0.998. The third-order valence-electron chi connectivity index (χ3n) is 4.44. The number of hydrogen-bond acceptors (Lipinski definition) is 4. The van der Waals surface area contributed by atoms with Crippen LogP contribution >= 0.6 is 0 Å². The van der Waals surface area contributed by atoms with Gasteiger partial charge in [-0.25, -0.2) is 8.78 Å². The van der Waals surface area contributed by atoms with E-state index in [0.29, 0.717) is 11.1 Å². The van der Waals surface area contributed by atoms with E-state index in [9.17, 15) is 33.5 Å². The van der Waals surface area contributed by atoms with Gasteiger partial charge in [0.15, 0.2) is 17.5 Å². The summed E-state index contributed by atoms with van der Waals surface area (Å²) in [5.41, 5.74) is 0.692. The maximum absolute atomic E-state index is 13.6. The quantitative estimate of drug-likeness (QED) is 0.701. The minimum Gasteiger partial charge on any atom is -0.480 e. The van der Waals surface area contributed by atoms with Crippen molar-refractivity contribution in [2.24, 2.45) is 5.92 Å². The molecule has 0 heterocycles. The first kappa shape index (κ1) is 20.9. The molecule has 0 radical (unpaired) electrons. The Labute approximate surface area is 160 Å². The van der Waals surface area contributed by atoms with Crippen molar-refractivity contribution < 1.29 is 28.3 Å². The molecule has 2 aromatic rings. The van der Waals surface area contributed by atoms with Gasteiger partial charge in [0.05, 0.1) is 12.0 Å². The van der Waals surface area contributed by atoms with E-state index in [1.54, 1.807) is 0 Å². The summed E-state index contributed by atoms with van der Waals surface area (Å²) in [4.78, 5) is 35.4. The standard InChI is InChI=1S/C21H17F2NO4/c1-12(25)20(21(27)28)19(26)10-17(13-5-7-15(22)8-6-13)18(11-24)14-3-2-4-16(23)9-14/h2-9,17-18,20H,10H2,1H3,(H,27,28). The van der Waals surface area contributed by atoms with Gasteiger partial charge in [-0.3, -0.25) is 14.4 Å². The van der Waals surface area contributed by atoms with Crippen molar-refractivity contribution in [1.82, 2.24) is 0 Å². The average Bonchev–Trinajstić information content (AvgIpc) is 2.61. The second kappa shape index (κ2) is 9.00. The van der Waals surface area contributed by atoms with Crippen LogP contribution in [0.4, 0.5) is 8.78 Å². The van der Waals surface area contributed by atoms with Gasteiger partial charge in [0, 0.05) is 12.3 Å². The fourth-order valence-electron chi connectivity index (χ4n) is 3.11. The number of nitriles is 1. The number of carboxylic acids is 1. The summed E-state index contributed by atoms with van der Waals surface area (Å²) < 4.78 is 26.9. The van der Waals surface area contributed by atoms with E-state index < -0.39 is 53.3 Å². The molecule has 3 atom stereocenters. The Hall–Kier alpha value is -3.40. The zero-order valence-electron chi connectivity index (χ0n) is 14.9. The molecule has 5 nitrogen and oxygen atoms in total. The van der Waals surface area contributed by atoms with Gasteiger partial charge in [0.25, 0.3) is 0 Å². The van der Waals surface area contributed by atoms with Crippen molar-refractivity contribution in [2.45, 2.75) is 25.2 Å². The molecule has 1 N–H and O–H groups in total. The minimum atomic E-state index is -1.85. The number of aliphatic carboxylic acids is 1. The zero-order valence-corrected chi connectivity index (χ0v) is 14.9. The van der Waals surface area contributed by atoms with Crippen LogP contribution in [-0.4, -0.2) is 22.6 Å². The summed E-state index contributed by atoms with van der Waals surface area (Å²) in [6, 6.07) is 12.3. The summed E-state index contributed by atoms with van der Waals surface area (Å²) in [5, 5.41) is 18.9. The summed E-state index contributed by atoms with van der Waals surface area (Å²) in [7, 11) is 0. The van der Waals surface area contributed by atoms with Crippen molar-refractivity contribution in [3.05, 3.63) is 71.3 Å². The Bertz CT molecular complexity index is 920. The van der Waals surface area contributed by atoms with Gasteiger partial charge >= 0.3 is 5.97 Å². The smallest absolute Gasteiger partial charge is 0.321 e. The fourth-order valence-corrected chi connectivity index (χ4v) is 3.11. The molecule has 0 aliphatic carbocycles. The molecule has 0 saturated carbocycles. The van der Waals surface area contributed by atoms with Crippen molar-refractivity contribution in [3.63, 3.8) is 0 Å². The molecule has 0 aliphatic rings. The largest absolute Gasteiger partial charge is 0.480 e. The highest BCUT2D eigenvalue weighted by Gasteiger charge is 2.35. The SMILES string of the molecule is CC(=O)C(C(=O)O)C(=O)CC(c1ccc(F)cc1)C(C#N)c1cccc(F)c1. The normalized spacial score (nSPS) is 13.8. The first-order valence-electron chi connectivity index (χ1n) is 8.41. The first-order valence-corrected chi connectivity index (χ1v) is 8.41. The van der Waals surface area contributed by atoms with E-state index in [2.05, 4.69) is 0 Å². The van der Waals surface area contributed by atoms with Crippen LogP contribution in [0.3, 0.4) is 0 Å². The minimum absolute atomic E-state index is 0.291. The van der Waals surface area contributed by atoms with E-state index >= 15 is 0 Å². The predicted octanol–water partition coefficient (Wildman–Crippen LogP) is 3.60. The van der Waals surface area contributed by atoms with Gasteiger partial charge < -0.3 is 5.11 Å². The number of rotatable bonds is 8. The van der Waals surface area contributed by atoms with Gasteiger partial charge in [0.1, 0.15) is 11.6 Å². The third-order valence-corrected chi connectivity index (χ3v) is 4.44. The van der Waals surface area contributed by atoms with Gasteiger partial charge in [-0.15, -0.1) is 0 Å². The monoisotopic (exact) mass is 385 g/mol. The van der Waals surface area contributed by atoms with Gasteiger partial charge in [0.2, 0.25) is 0 Å². The lowest BCUT2D eigenvalue weighted by Gasteiger charge is -2.23. The molecule has 0 saturated heterocycles. The molecule has 0 amide bonds. The number of carbonyl (C=O) groups is 3. The highest BCUT2D eigenvalue weighted by atomic mass is 19.1. The first-order chi connectivity index (χ1) is 13.2. The Morgan fingerprint density at radius 2 is 1.68 bits per heavy atom. The zero-order chi connectivity index (χ0) is 20.8. The molecular formula is C21H17F2NO4. The number of benzene rings is 2. The van der Waals surface area contributed by atoms with E-state index in [-0.39, 0.29) is 0 Å². The van der Waals surface area contributed by atoms with Gasteiger partial charge in [-0.2, -0.15) is 5.26 Å². The predicted molar refractivity (Wildman–Crippen MR) is 95.3 cm³/mol. The molecule has 2 rings (SSSR count). The second-order valence-electron chi connectivity index (χ2n) is 6.37. The van der Waals surface area contributed by atoms with E-state index in [1.807, 2.05) is 6.07 Å². The van der Waals surface area contributed by atoms with Crippen molar-refractivity contribution in [1.29, 1.82) is 5.26 Å². The number of halogens is 2. The van der Waals surface area contributed by atoms with Gasteiger partial charge in [-0.1, -0.05) is 24.3 Å². The summed E-state index contributed by atoms with van der Waals surface area (Å²) in [5.74, 6) is -8.12. The van der Waals surface area contributed by atoms with Crippen LogP contribution in [0, 0.1) is 28.9 Å². The summed E-state index contributed by atoms with van der Waals surface area (Å²) in [6.07, 6.45) is -0.448. The number of carboxylic acid groups (broad SMARTS) is 1. The van der Waals surface area contributed by atoms with Crippen LogP contribution < -0.4 is 0 Å². The number of Topliss-reactive ketones (excluding diaryl/α,β-unsaturated/α-hetero) is 2. The molecule has 144 valence electrons. The third kappa shape index (κ3) is 4.86.